The van der Waals surface area contributed by atoms with Crippen LogP contribution in [0.25, 0.3) is 12.2 Å². The number of hydrogen-bond acceptors (Lipinski definition) is 18. The quantitative estimate of drug-likeness (QED) is 0.0410. The number of rotatable bonds is 24. The van der Waals surface area contributed by atoms with Gasteiger partial charge in [0.05, 0.1) is 64.3 Å². The number of fused-ring (bicyclic) bond motifs is 12. The third-order valence-electron chi connectivity index (χ3n) is 32.2. The first-order chi connectivity index (χ1) is 59.0. The van der Waals surface area contributed by atoms with Crippen molar-refractivity contribution < 1.29 is 85.8 Å². The highest BCUT2D eigenvalue weighted by Crippen LogP contribution is 2.63. The molecule has 14 fully saturated rings. The summed E-state index contributed by atoms with van der Waals surface area (Å²) < 4.78 is 43.8. The van der Waals surface area contributed by atoms with Gasteiger partial charge in [0.25, 0.3) is 0 Å². The number of hydrogen-bond donors (Lipinski definition) is 0. The van der Waals surface area contributed by atoms with Crippen molar-refractivity contribution >= 4 is 60.3 Å². The molecule has 0 spiro atoms. The van der Waals surface area contributed by atoms with E-state index in [4.69, 9.17) is 57.1 Å². The van der Waals surface area contributed by atoms with Gasteiger partial charge in [0.1, 0.15) is 22.7 Å². The first-order valence-electron chi connectivity index (χ1n) is 46.9. The van der Waals surface area contributed by atoms with Crippen LogP contribution in [0.3, 0.4) is 0 Å². The summed E-state index contributed by atoms with van der Waals surface area (Å²) in [4.78, 5) is 105. The second kappa shape index (κ2) is 42.5. The van der Waals surface area contributed by atoms with Crippen LogP contribution in [-0.4, -0.2) is 100.0 Å². The fourth-order valence-electron chi connectivity index (χ4n) is 26.4. The fourth-order valence-corrected chi connectivity index (χ4v) is 26.4. The summed E-state index contributed by atoms with van der Waals surface area (Å²) >= 11 is 0. The molecule has 20 atom stereocenters. The summed E-state index contributed by atoms with van der Waals surface area (Å²) in [5.41, 5.74) is 1.67. The maximum Gasteiger partial charge on any atom is 0.373 e. The van der Waals surface area contributed by atoms with Gasteiger partial charge in [-0.3, -0.25) is 19.2 Å². The zero-order valence-electron chi connectivity index (χ0n) is 73.6. The minimum Gasteiger partial charge on any atom is -0.497 e. The number of carbonyl (C=O) groups is 6. The summed E-state index contributed by atoms with van der Waals surface area (Å²) in [5, 5.41) is 0. The molecule has 22 rings (SSSR count). The van der Waals surface area contributed by atoms with E-state index >= 15 is 0 Å². The number of ether oxygens (including phenoxy) is 8. The molecule has 2 aromatic rings. The molecule has 18 nitrogen and oxygen atoms in total. The molecule has 2 aromatic carbocycles. The van der Waals surface area contributed by atoms with Gasteiger partial charge in [-0.2, -0.15) is 19.2 Å². The first kappa shape index (κ1) is 91.2. The van der Waals surface area contributed by atoms with Crippen molar-refractivity contribution in [2.24, 2.45) is 166 Å². The van der Waals surface area contributed by atoms with Crippen molar-refractivity contribution in [3.05, 3.63) is 145 Å². The highest BCUT2D eigenvalue weighted by molar-refractivity contribution is 5.87. The molecule has 0 aromatic heterocycles. The fraction of sp³-hybridized carbons (Fsp3) is 0.654. The van der Waals surface area contributed by atoms with Crippen LogP contribution in [0.1, 0.15) is 220 Å². The van der Waals surface area contributed by atoms with Crippen LogP contribution in [0.2, 0.25) is 0 Å². The average Bonchev–Trinajstić information content (AvgIpc) is 1.06. The Morgan fingerprint density at radius 2 is 0.779 bits per heavy atom. The van der Waals surface area contributed by atoms with Gasteiger partial charge in [0.15, 0.2) is 0 Å². The highest BCUT2D eigenvalue weighted by atomic mass is 16.6. The minimum absolute atomic E-state index is 0.0109. The van der Waals surface area contributed by atoms with E-state index in [9.17, 15) is 28.8 Å². The first-order valence-corrected chi connectivity index (χ1v) is 46.9. The molecule has 0 amide bonds. The van der Waals surface area contributed by atoms with Crippen molar-refractivity contribution in [3.63, 3.8) is 0 Å². The average molecular weight is 1670 g/mol. The molecule has 0 heterocycles. The van der Waals surface area contributed by atoms with E-state index in [-0.39, 0.29) is 83.0 Å². The number of methoxy groups -OCH3 is 2. The van der Waals surface area contributed by atoms with Crippen molar-refractivity contribution in [2.45, 2.75) is 220 Å². The number of benzene rings is 2. The largest absolute Gasteiger partial charge is 0.497 e. The summed E-state index contributed by atoms with van der Waals surface area (Å²) in [6, 6.07) is 15.2. The molecule has 14 saturated carbocycles. The lowest BCUT2D eigenvalue weighted by atomic mass is 9.49. The van der Waals surface area contributed by atoms with E-state index in [1.54, 1.807) is 19.3 Å². The Kier molecular flexibility index (Phi) is 31.8. The molecule has 0 radical (unpaired) electrons. The Bertz CT molecular complexity index is 4130. The molecule has 122 heavy (non-hydrogen) atoms. The van der Waals surface area contributed by atoms with Gasteiger partial charge in [0.2, 0.25) is 0 Å². The molecule has 20 unspecified atom stereocenters. The second-order valence-electron chi connectivity index (χ2n) is 39.5. The molecule has 18 heteroatoms. The maximum atomic E-state index is 12.9. The zero-order chi connectivity index (χ0) is 86.2. The van der Waals surface area contributed by atoms with Crippen molar-refractivity contribution in [3.8, 4) is 11.5 Å². The zero-order valence-corrected chi connectivity index (χ0v) is 73.6. The molecular formula is C104H136O18. The predicted octanol–water partition coefficient (Wildman–Crippen LogP) is 20.0. The van der Waals surface area contributed by atoms with Crippen LogP contribution in [-0.2, 0) is 76.4 Å². The van der Waals surface area contributed by atoms with Gasteiger partial charge in [-0.05, 0) is 377 Å². The molecule has 0 N–H and O–H groups in total. The lowest BCUT2D eigenvalue weighted by molar-refractivity contribution is -0.215. The van der Waals surface area contributed by atoms with E-state index in [0.717, 1.165) is 133 Å². The topological polar surface area (TPSA) is 245 Å². The van der Waals surface area contributed by atoms with Gasteiger partial charge >= 0.3 is 48.1 Å². The summed E-state index contributed by atoms with van der Waals surface area (Å²) in [7, 11) is 3.10. The van der Waals surface area contributed by atoms with Gasteiger partial charge in [-0.25, -0.2) is 9.59 Å². The van der Waals surface area contributed by atoms with Gasteiger partial charge in [-0.1, -0.05) is 118 Å². The third kappa shape index (κ3) is 22.4. The second-order valence-corrected chi connectivity index (χ2v) is 39.5. The van der Waals surface area contributed by atoms with E-state index in [1.165, 1.54) is 135 Å². The van der Waals surface area contributed by atoms with Crippen molar-refractivity contribution in [1.29, 1.82) is 0 Å². The monoisotopic (exact) mass is 1670 g/mol. The Morgan fingerprint density at radius 3 is 1.11 bits per heavy atom. The minimum atomic E-state index is -0.266. The van der Waals surface area contributed by atoms with E-state index in [0.29, 0.717) is 109 Å². The molecular weight excluding hydrogens is 1540 g/mol. The van der Waals surface area contributed by atoms with Crippen LogP contribution in [0.15, 0.2) is 134 Å². The highest BCUT2D eigenvalue weighted by Gasteiger charge is 2.61. The lowest BCUT2D eigenvalue weighted by Gasteiger charge is -2.60. The number of esters is 6. The lowest BCUT2D eigenvalue weighted by Crippen LogP contribution is -2.59. The Balaban J connectivity index is 0.000000125. The van der Waals surface area contributed by atoms with E-state index in [2.05, 4.69) is 93.7 Å². The van der Waals surface area contributed by atoms with Gasteiger partial charge in [-0.15, -0.1) is 0 Å². The van der Waals surface area contributed by atoms with Gasteiger partial charge in [0, 0.05) is 12.2 Å². The SMILES string of the molecule is CC1(OC(=O)C2CC3C=CC2C3)C2CC3CC(C2)CC1C3.CCC1(OC(=O)C2CC3C=CC2C3)C2CC3CC(C2)CC1C3.CCOC(=O)C(CC)CC1CC2C=CC1C2.CCOc1ccc(/C=C/C(=O)OCC2CC3C=CC2C3)cc1.COC(=O)C(C)CC1CC2C=CC1C2.COc1ccc(/C=C/C(=O)OCC2CC3C=CC2C3)cc1.O=C=O.O=C=O. The van der Waals surface area contributed by atoms with Crippen LogP contribution >= 0.6 is 0 Å². The Labute approximate surface area is 724 Å². The molecule has 20 bridgehead atoms. The summed E-state index contributed by atoms with van der Waals surface area (Å²) in [5.74, 6) is 18.7. The molecule has 20 aliphatic rings. The van der Waals surface area contributed by atoms with Crippen LogP contribution < -0.4 is 9.47 Å². The molecule has 0 aliphatic heterocycles. The van der Waals surface area contributed by atoms with E-state index < -0.39 is 0 Å². The normalized spacial score (nSPS) is 37.2. The summed E-state index contributed by atoms with van der Waals surface area (Å²) in [6.07, 6.45) is 66.6. The molecule has 660 valence electrons. The Morgan fingerprint density at radius 1 is 0.410 bits per heavy atom. The Hall–Kier alpha value is -8.46. The summed E-state index contributed by atoms with van der Waals surface area (Å²) in [6.45, 7) is 14.7. The van der Waals surface area contributed by atoms with E-state index in [1.807, 2.05) is 69.3 Å². The van der Waals surface area contributed by atoms with Crippen LogP contribution in [0.5, 0.6) is 11.5 Å². The van der Waals surface area contributed by atoms with Gasteiger partial charge < -0.3 is 37.9 Å². The predicted molar refractivity (Wildman–Crippen MR) is 462 cm³/mol. The standard InChI is InChI=1S/C20H28O2.C19H22O3.C19H26O2.C18H20O3.C14H22O2.C12H18O2.2CO2/c1-2-20(16-7-13-5-14(9-16)10-17(20)8-13)22-19(21)18-11-12-3-4-15(18)6-12;1-2-21-18-8-4-14(5-9-18)6-10-19(20)22-13-17-12-15-3-7-16(17)11-15;1-19(15-6-12-4-13(8-15)9-16(19)7-12)21-18(20)17-10-11-2-3-14(17)5-11;1-20-17-7-3-13(4-8-17)5-9-18(19)21-12-16-11-14-2-6-15(16)10-14;1-3-11(14(15)16-4-2)9-13-8-10-5-6-12(13)7-10;1-8(12(13)14-2)5-11-7-9-3-4-10(11)6-9;2*2-1-3/h3-4,12-18H,2,5-11H2,1H3;3-10,15-17H,2,11-13H2,1H3;2-3,11-17H,4-10H2,1H3;2-9,14-16H,10-12H2,1H3;5-6,10-13H,3-4,7-9H2,1-2H3;3-4,8-11H,5-7H2,1-2H3;;/b;10-6+;;9-5+;;;;. The van der Waals surface area contributed by atoms with Crippen LogP contribution in [0.4, 0.5) is 0 Å². The molecule has 20 aliphatic carbocycles. The number of allylic oxidation sites excluding steroid dienone is 12. The maximum absolute atomic E-state index is 12.9. The third-order valence-corrected chi connectivity index (χ3v) is 32.2. The van der Waals surface area contributed by atoms with Crippen molar-refractivity contribution in [1.82, 2.24) is 0 Å². The van der Waals surface area contributed by atoms with Crippen molar-refractivity contribution in [2.75, 3.05) is 40.6 Å². The molecule has 0 saturated heterocycles. The number of carbonyl (C=O) groups excluding carboxylic acids is 10. The smallest absolute Gasteiger partial charge is 0.373 e. The van der Waals surface area contributed by atoms with Crippen LogP contribution in [0, 0.1) is 166 Å².